The van der Waals surface area contributed by atoms with Crippen LogP contribution in [0.4, 0.5) is 17.1 Å². The van der Waals surface area contributed by atoms with Crippen molar-refractivity contribution < 1.29 is 5.11 Å². The first-order valence-electron chi connectivity index (χ1n) is 7.34. The third kappa shape index (κ3) is 3.12. The zero-order chi connectivity index (χ0) is 17.3. The van der Waals surface area contributed by atoms with E-state index >= 15 is 0 Å². The van der Waals surface area contributed by atoms with E-state index in [4.69, 9.17) is 11.6 Å². The monoisotopic (exact) mass is 342 g/mol. The van der Waals surface area contributed by atoms with Crippen LogP contribution < -0.4 is 21.5 Å². The highest BCUT2D eigenvalue weighted by Gasteiger charge is 2.20. The fourth-order valence-corrected chi connectivity index (χ4v) is 2.61. The van der Waals surface area contributed by atoms with Gasteiger partial charge < -0.3 is 15.7 Å². The first kappa shape index (κ1) is 16.1. The van der Waals surface area contributed by atoms with Crippen molar-refractivity contribution in [1.29, 1.82) is 0 Å². The minimum Gasteiger partial charge on any atom is -0.508 e. The summed E-state index contributed by atoms with van der Waals surface area (Å²) >= 11 is 5.93. The number of aromatic hydroxyl groups is 1. The van der Waals surface area contributed by atoms with Crippen LogP contribution >= 0.6 is 11.6 Å². The molecule has 0 aromatic heterocycles. The minimum atomic E-state index is -0.561. The quantitative estimate of drug-likeness (QED) is 0.490. The van der Waals surface area contributed by atoms with E-state index in [9.17, 15) is 14.7 Å². The van der Waals surface area contributed by atoms with Gasteiger partial charge >= 0.3 is 0 Å². The largest absolute Gasteiger partial charge is 0.508 e. The second kappa shape index (κ2) is 6.37. The second-order valence-electron chi connectivity index (χ2n) is 5.52. The number of phenols is 1. The SMILES string of the molecule is Cc1cc(Nc2c(NCc3cccc(Cl)c3)c(=O)c2=O)ccc1O. The molecule has 24 heavy (non-hydrogen) atoms. The topological polar surface area (TPSA) is 78.4 Å². The van der Waals surface area contributed by atoms with Gasteiger partial charge in [0.25, 0.3) is 10.9 Å². The van der Waals surface area contributed by atoms with E-state index in [0.717, 1.165) is 5.56 Å². The fourth-order valence-electron chi connectivity index (χ4n) is 2.39. The third-order valence-corrected chi connectivity index (χ3v) is 3.97. The number of aryl methyl sites for hydroxylation is 1. The Bertz CT molecular complexity index is 975. The van der Waals surface area contributed by atoms with Crippen molar-refractivity contribution in [3.05, 3.63) is 79.1 Å². The van der Waals surface area contributed by atoms with Crippen LogP contribution in [0.15, 0.2) is 52.1 Å². The van der Waals surface area contributed by atoms with Crippen molar-refractivity contribution in [2.24, 2.45) is 0 Å². The number of halogens is 1. The number of rotatable bonds is 5. The fraction of sp³-hybridized carbons (Fsp3) is 0.111. The number of nitrogens with one attached hydrogen (secondary N) is 2. The van der Waals surface area contributed by atoms with Crippen LogP contribution in [0.2, 0.25) is 5.02 Å². The summed E-state index contributed by atoms with van der Waals surface area (Å²) in [5.41, 5.74) is 1.58. The van der Waals surface area contributed by atoms with Gasteiger partial charge in [0.15, 0.2) is 0 Å². The Hall–Kier alpha value is -2.79. The van der Waals surface area contributed by atoms with Gasteiger partial charge in [-0.2, -0.15) is 0 Å². The summed E-state index contributed by atoms with van der Waals surface area (Å²) in [7, 11) is 0. The van der Waals surface area contributed by atoms with Crippen molar-refractivity contribution in [2.45, 2.75) is 13.5 Å². The first-order valence-corrected chi connectivity index (χ1v) is 7.72. The summed E-state index contributed by atoms with van der Waals surface area (Å²) in [6.45, 7) is 2.13. The Labute approximate surface area is 143 Å². The lowest BCUT2D eigenvalue weighted by molar-refractivity contribution is 0.471. The van der Waals surface area contributed by atoms with E-state index in [1.54, 1.807) is 31.2 Å². The smallest absolute Gasteiger partial charge is 0.253 e. The number of hydrogen-bond acceptors (Lipinski definition) is 5. The van der Waals surface area contributed by atoms with Gasteiger partial charge in [-0.25, -0.2) is 0 Å². The Morgan fingerprint density at radius 3 is 2.50 bits per heavy atom. The highest BCUT2D eigenvalue weighted by molar-refractivity contribution is 6.30. The lowest BCUT2D eigenvalue weighted by Gasteiger charge is -2.15. The van der Waals surface area contributed by atoms with E-state index in [1.807, 2.05) is 12.1 Å². The van der Waals surface area contributed by atoms with Gasteiger partial charge in [0.2, 0.25) is 0 Å². The van der Waals surface area contributed by atoms with Crippen LogP contribution in [0.25, 0.3) is 0 Å². The summed E-state index contributed by atoms with van der Waals surface area (Å²) in [4.78, 5) is 23.6. The van der Waals surface area contributed by atoms with E-state index in [1.165, 1.54) is 6.07 Å². The molecule has 0 amide bonds. The standard InChI is InChI=1S/C18H15ClN2O3/c1-10-7-13(5-6-14(10)22)21-16-15(17(23)18(16)24)20-9-11-3-2-4-12(19)8-11/h2-8,20-22H,9H2,1H3. The van der Waals surface area contributed by atoms with Crippen LogP contribution in [0, 0.1) is 6.92 Å². The molecule has 3 N–H and O–H groups in total. The molecule has 5 nitrogen and oxygen atoms in total. The van der Waals surface area contributed by atoms with Crippen LogP contribution in [-0.2, 0) is 6.54 Å². The van der Waals surface area contributed by atoms with Gasteiger partial charge in [0.1, 0.15) is 17.1 Å². The molecule has 0 saturated heterocycles. The van der Waals surface area contributed by atoms with E-state index < -0.39 is 10.9 Å². The molecule has 0 aliphatic heterocycles. The molecule has 0 heterocycles. The van der Waals surface area contributed by atoms with Crippen molar-refractivity contribution in [1.82, 2.24) is 0 Å². The first-order chi connectivity index (χ1) is 11.5. The van der Waals surface area contributed by atoms with E-state index in [2.05, 4.69) is 10.6 Å². The van der Waals surface area contributed by atoms with Gasteiger partial charge in [-0.15, -0.1) is 0 Å². The molecule has 0 radical (unpaired) electrons. The van der Waals surface area contributed by atoms with Gasteiger partial charge in [0.05, 0.1) is 0 Å². The molecular weight excluding hydrogens is 328 g/mol. The van der Waals surface area contributed by atoms with Crippen molar-refractivity contribution in [3.8, 4) is 5.75 Å². The number of benzene rings is 2. The Kier molecular flexibility index (Phi) is 4.27. The molecule has 0 bridgehead atoms. The highest BCUT2D eigenvalue weighted by Crippen LogP contribution is 2.25. The zero-order valence-corrected chi connectivity index (χ0v) is 13.6. The molecule has 0 spiro atoms. The summed E-state index contributed by atoms with van der Waals surface area (Å²) in [5, 5.41) is 16.1. The van der Waals surface area contributed by atoms with Crippen LogP contribution in [-0.4, -0.2) is 5.11 Å². The maximum atomic E-state index is 11.8. The van der Waals surface area contributed by atoms with Gasteiger partial charge in [0, 0.05) is 17.3 Å². The Morgan fingerprint density at radius 1 is 1.04 bits per heavy atom. The number of anilines is 3. The number of phenolic OH excluding ortho intramolecular Hbond substituents is 1. The van der Waals surface area contributed by atoms with Gasteiger partial charge in [-0.05, 0) is 48.4 Å². The average molecular weight is 343 g/mol. The second-order valence-corrected chi connectivity index (χ2v) is 5.95. The highest BCUT2D eigenvalue weighted by atomic mass is 35.5. The van der Waals surface area contributed by atoms with Crippen molar-refractivity contribution in [3.63, 3.8) is 0 Å². The molecule has 3 aromatic rings. The average Bonchev–Trinajstić information content (AvgIpc) is 2.57. The third-order valence-electron chi connectivity index (χ3n) is 3.73. The molecule has 0 aliphatic rings. The maximum Gasteiger partial charge on any atom is 0.253 e. The molecule has 0 unspecified atom stereocenters. The Balaban J connectivity index is 1.78. The molecule has 6 heteroatoms. The molecular formula is C18H15ClN2O3. The van der Waals surface area contributed by atoms with Crippen molar-refractivity contribution >= 4 is 28.7 Å². The van der Waals surface area contributed by atoms with E-state index in [-0.39, 0.29) is 17.1 Å². The van der Waals surface area contributed by atoms with Gasteiger partial charge in [-0.3, -0.25) is 9.59 Å². The molecule has 3 aromatic carbocycles. The zero-order valence-electron chi connectivity index (χ0n) is 12.9. The Morgan fingerprint density at radius 2 is 1.79 bits per heavy atom. The van der Waals surface area contributed by atoms with Crippen LogP contribution in [0.5, 0.6) is 5.75 Å². The molecule has 0 saturated carbocycles. The van der Waals surface area contributed by atoms with Crippen LogP contribution in [0.3, 0.4) is 0 Å². The summed E-state index contributed by atoms with van der Waals surface area (Å²) in [5.74, 6) is 0.171. The van der Waals surface area contributed by atoms with Crippen molar-refractivity contribution in [2.75, 3.05) is 10.6 Å². The minimum absolute atomic E-state index is 0.171. The lowest BCUT2D eigenvalue weighted by Crippen LogP contribution is -2.36. The normalized spacial score (nSPS) is 10.8. The molecule has 3 rings (SSSR count). The summed E-state index contributed by atoms with van der Waals surface area (Å²) in [6.07, 6.45) is 0. The van der Waals surface area contributed by atoms with Gasteiger partial charge in [-0.1, -0.05) is 23.7 Å². The van der Waals surface area contributed by atoms with Crippen LogP contribution in [0.1, 0.15) is 11.1 Å². The summed E-state index contributed by atoms with van der Waals surface area (Å²) in [6, 6.07) is 12.1. The molecule has 0 aliphatic carbocycles. The lowest BCUT2D eigenvalue weighted by atomic mass is 10.1. The molecule has 0 fully saturated rings. The molecule has 0 atom stereocenters. The molecule has 122 valence electrons. The summed E-state index contributed by atoms with van der Waals surface area (Å²) < 4.78 is 0. The van der Waals surface area contributed by atoms with E-state index in [0.29, 0.717) is 22.8 Å². The predicted molar refractivity (Wildman–Crippen MR) is 96.3 cm³/mol. The number of hydrogen-bond donors (Lipinski definition) is 3. The predicted octanol–water partition coefficient (Wildman–Crippen LogP) is 3.31. The maximum absolute atomic E-state index is 11.8.